The molecular weight excluding hydrogens is 286 g/mol. The Balaban J connectivity index is 2.25. The predicted molar refractivity (Wildman–Crippen MR) is 83.0 cm³/mol. The third kappa shape index (κ3) is 3.52. The van der Waals surface area contributed by atoms with E-state index in [0.29, 0.717) is 21.8 Å². The van der Waals surface area contributed by atoms with Crippen molar-refractivity contribution in [3.63, 3.8) is 0 Å². The molecule has 1 heterocycles. The quantitative estimate of drug-likeness (QED) is 0.883. The smallest absolute Gasteiger partial charge is 0.269 e. The molecule has 0 radical (unpaired) electrons. The summed E-state index contributed by atoms with van der Waals surface area (Å²) in [6, 6.07) is 6.86. The maximum atomic E-state index is 12.4. The Kier molecular flexibility index (Phi) is 4.18. The van der Waals surface area contributed by atoms with Gasteiger partial charge in [-0.2, -0.15) is 0 Å². The van der Waals surface area contributed by atoms with Crippen molar-refractivity contribution in [3.05, 3.63) is 40.4 Å². The zero-order chi connectivity index (χ0) is 15.6. The van der Waals surface area contributed by atoms with Gasteiger partial charge in [-0.1, -0.05) is 37.4 Å². The Morgan fingerprint density at radius 2 is 1.95 bits per heavy atom. The molecule has 0 aliphatic carbocycles. The van der Waals surface area contributed by atoms with Crippen LogP contribution in [0.1, 0.15) is 53.4 Å². The van der Waals surface area contributed by atoms with Crippen molar-refractivity contribution >= 4 is 28.9 Å². The van der Waals surface area contributed by atoms with Crippen molar-refractivity contribution in [2.75, 3.05) is 5.32 Å². The molecule has 0 aliphatic rings. The molecule has 1 aromatic carbocycles. The summed E-state index contributed by atoms with van der Waals surface area (Å²) in [6.07, 6.45) is 0. The summed E-state index contributed by atoms with van der Waals surface area (Å²) in [6.45, 7) is 7.44. The lowest BCUT2D eigenvalue weighted by Gasteiger charge is -2.16. The second kappa shape index (κ2) is 5.73. The number of amides is 1. The van der Waals surface area contributed by atoms with E-state index in [1.165, 1.54) is 6.92 Å². The van der Waals surface area contributed by atoms with Crippen LogP contribution in [-0.4, -0.2) is 21.3 Å². The third-order valence-corrected chi connectivity index (χ3v) is 3.66. The first-order valence-corrected chi connectivity index (χ1v) is 7.31. The van der Waals surface area contributed by atoms with Crippen LogP contribution in [0.3, 0.4) is 0 Å². The predicted octanol–water partition coefficient (Wildman–Crippen LogP) is 3.29. The molecule has 0 aliphatic heterocycles. The number of anilines is 1. The van der Waals surface area contributed by atoms with E-state index in [1.54, 1.807) is 24.3 Å². The number of ketones is 1. The molecule has 2 aromatic rings. The number of aromatic nitrogens is 2. The lowest BCUT2D eigenvalue weighted by Crippen LogP contribution is -2.20. The van der Waals surface area contributed by atoms with Gasteiger partial charge in [-0.3, -0.25) is 9.59 Å². The lowest BCUT2D eigenvalue weighted by molar-refractivity contribution is 0.101. The summed E-state index contributed by atoms with van der Waals surface area (Å²) in [7, 11) is 0. The molecule has 0 saturated heterocycles. The fourth-order valence-electron chi connectivity index (χ4n) is 1.83. The highest BCUT2D eigenvalue weighted by Gasteiger charge is 2.26. The van der Waals surface area contributed by atoms with Crippen molar-refractivity contribution in [2.24, 2.45) is 0 Å². The largest absolute Gasteiger partial charge is 0.321 e. The van der Waals surface area contributed by atoms with Crippen molar-refractivity contribution in [2.45, 2.75) is 33.1 Å². The number of hydrogen-bond acceptors (Lipinski definition) is 5. The van der Waals surface area contributed by atoms with E-state index < -0.39 is 0 Å². The molecule has 0 saturated carbocycles. The van der Waals surface area contributed by atoms with Gasteiger partial charge in [0.2, 0.25) is 0 Å². The van der Waals surface area contributed by atoms with Gasteiger partial charge in [0, 0.05) is 16.7 Å². The summed E-state index contributed by atoms with van der Waals surface area (Å²) in [4.78, 5) is 24.2. The molecule has 5 nitrogen and oxygen atoms in total. The second-order valence-electron chi connectivity index (χ2n) is 5.79. The van der Waals surface area contributed by atoms with E-state index in [0.717, 1.165) is 11.5 Å². The average Bonchev–Trinajstić information content (AvgIpc) is 2.88. The molecule has 6 heteroatoms. The van der Waals surface area contributed by atoms with E-state index in [4.69, 9.17) is 0 Å². The maximum absolute atomic E-state index is 12.4. The van der Waals surface area contributed by atoms with Crippen molar-refractivity contribution in [1.82, 2.24) is 9.59 Å². The molecule has 110 valence electrons. The SMILES string of the molecule is CC(=O)c1cccc(NC(=O)c2snnc2C(C)(C)C)c1. The Labute approximate surface area is 127 Å². The van der Waals surface area contributed by atoms with Gasteiger partial charge in [0.05, 0.1) is 5.69 Å². The first-order valence-electron chi connectivity index (χ1n) is 6.54. The monoisotopic (exact) mass is 303 g/mol. The molecular formula is C15H17N3O2S. The van der Waals surface area contributed by atoms with Gasteiger partial charge < -0.3 is 5.32 Å². The molecule has 1 amide bonds. The van der Waals surface area contributed by atoms with Crippen molar-refractivity contribution in [1.29, 1.82) is 0 Å². The van der Waals surface area contributed by atoms with Crippen molar-refractivity contribution < 1.29 is 9.59 Å². The Morgan fingerprint density at radius 3 is 2.57 bits per heavy atom. The van der Waals surface area contributed by atoms with E-state index in [1.807, 2.05) is 20.8 Å². The van der Waals surface area contributed by atoms with Crippen LogP contribution in [0.4, 0.5) is 5.69 Å². The summed E-state index contributed by atoms with van der Waals surface area (Å²) in [5, 5.41) is 6.84. The standard InChI is InChI=1S/C15H17N3O2S/c1-9(19)10-6-5-7-11(8-10)16-14(20)12-13(15(2,3)4)17-18-21-12/h5-8H,1-4H3,(H,16,20). The summed E-state index contributed by atoms with van der Waals surface area (Å²) in [5.41, 5.74) is 1.57. The lowest BCUT2D eigenvalue weighted by atomic mass is 9.91. The fraction of sp³-hybridized carbons (Fsp3) is 0.333. The third-order valence-electron chi connectivity index (χ3n) is 2.93. The van der Waals surface area contributed by atoms with Crippen LogP contribution < -0.4 is 5.32 Å². The van der Waals surface area contributed by atoms with Gasteiger partial charge in [-0.05, 0) is 30.6 Å². The highest BCUT2D eigenvalue weighted by molar-refractivity contribution is 7.08. The number of rotatable bonds is 3. The minimum atomic E-state index is -0.254. The van der Waals surface area contributed by atoms with Crippen LogP contribution in [-0.2, 0) is 5.41 Å². The maximum Gasteiger partial charge on any atom is 0.269 e. The van der Waals surface area contributed by atoms with Crippen molar-refractivity contribution in [3.8, 4) is 0 Å². The number of nitrogens with one attached hydrogen (secondary N) is 1. The molecule has 0 fully saturated rings. The number of Topliss-reactive ketones (excluding diaryl/α,β-unsaturated/α-hetero) is 1. The number of carbonyl (C=O) groups is 2. The van der Waals surface area contributed by atoms with Crippen LogP contribution in [0, 0.1) is 0 Å². The van der Waals surface area contributed by atoms with E-state index in [9.17, 15) is 9.59 Å². The van der Waals surface area contributed by atoms with Gasteiger partial charge in [0.1, 0.15) is 4.88 Å². The topological polar surface area (TPSA) is 72.0 Å². The molecule has 1 aromatic heterocycles. The van der Waals surface area contributed by atoms with Crippen LogP contribution in [0.2, 0.25) is 0 Å². The molecule has 0 spiro atoms. The van der Waals surface area contributed by atoms with Gasteiger partial charge >= 0.3 is 0 Å². The van der Waals surface area contributed by atoms with E-state index in [-0.39, 0.29) is 17.1 Å². The Bertz CT molecular complexity index is 686. The Hall–Kier alpha value is -2.08. The number of hydrogen-bond donors (Lipinski definition) is 1. The van der Waals surface area contributed by atoms with Gasteiger partial charge in [0.15, 0.2) is 5.78 Å². The molecule has 0 atom stereocenters. The molecule has 2 rings (SSSR count). The molecule has 1 N–H and O–H groups in total. The van der Waals surface area contributed by atoms with Crippen LogP contribution >= 0.6 is 11.5 Å². The molecule has 21 heavy (non-hydrogen) atoms. The van der Waals surface area contributed by atoms with E-state index in [2.05, 4.69) is 14.9 Å². The molecule has 0 unspecified atom stereocenters. The highest BCUT2D eigenvalue weighted by Crippen LogP contribution is 2.26. The Morgan fingerprint density at radius 1 is 1.24 bits per heavy atom. The van der Waals surface area contributed by atoms with Gasteiger partial charge in [0.25, 0.3) is 5.91 Å². The second-order valence-corrected chi connectivity index (χ2v) is 6.55. The zero-order valence-corrected chi connectivity index (χ0v) is 13.2. The minimum absolute atomic E-state index is 0.0408. The van der Waals surface area contributed by atoms with E-state index >= 15 is 0 Å². The van der Waals surface area contributed by atoms with Crippen LogP contribution in [0.5, 0.6) is 0 Å². The number of carbonyl (C=O) groups excluding carboxylic acids is 2. The number of nitrogens with zero attached hydrogens (tertiary/aromatic N) is 2. The van der Waals surface area contributed by atoms with Gasteiger partial charge in [-0.25, -0.2) is 0 Å². The first kappa shape index (κ1) is 15.3. The number of benzene rings is 1. The molecule has 0 bridgehead atoms. The fourth-order valence-corrected chi connectivity index (χ4v) is 2.61. The summed E-state index contributed by atoms with van der Waals surface area (Å²) in [5.74, 6) is -0.295. The average molecular weight is 303 g/mol. The summed E-state index contributed by atoms with van der Waals surface area (Å²) >= 11 is 1.07. The minimum Gasteiger partial charge on any atom is -0.321 e. The van der Waals surface area contributed by atoms with Gasteiger partial charge in [-0.15, -0.1) is 5.10 Å². The highest BCUT2D eigenvalue weighted by atomic mass is 32.1. The van der Waals surface area contributed by atoms with Crippen LogP contribution in [0.15, 0.2) is 24.3 Å². The van der Waals surface area contributed by atoms with Crippen LogP contribution in [0.25, 0.3) is 0 Å². The normalized spacial score (nSPS) is 11.2. The first-order chi connectivity index (χ1) is 9.79. The zero-order valence-electron chi connectivity index (χ0n) is 12.4. The summed E-state index contributed by atoms with van der Waals surface area (Å²) < 4.78 is 3.87.